The molecule has 0 saturated carbocycles. The highest BCUT2D eigenvalue weighted by atomic mass is 16.1. The molecule has 5 nitrogen and oxygen atoms in total. The average Bonchev–Trinajstić information content (AvgIpc) is 2.72. The lowest BCUT2D eigenvalue weighted by Crippen LogP contribution is -2.46. The third-order valence-electron chi connectivity index (χ3n) is 5.01. The van der Waals surface area contributed by atoms with Crippen molar-refractivity contribution in [1.29, 1.82) is 5.26 Å². The molecule has 1 saturated heterocycles. The Labute approximate surface area is 161 Å². The molecule has 3 rings (SSSR count). The average molecular weight is 362 g/mol. The van der Waals surface area contributed by atoms with Gasteiger partial charge in [-0.1, -0.05) is 18.2 Å². The zero-order valence-corrected chi connectivity index (χ0v) is 15.8. The molecule has 0 amide bonds. The topological polar surface area (TPSA) is 59.4 Å². The van der Waals surface area contributed by atoms with E-state index in [1.54, 1.807) is 25.1 Å². The highest BCUT2D eigenvalue weighted by molar-refractivity contribution is 5.95. The molecule has 0 atom stereocenters. The highest BCUT2D eigenvalue weighted by Gasteiger charge is 2.16. The van der Waals surface area contributed by atoms with Crippen molar-refractivity contribution in [2.24, 2.45) is 0 Å². The van der Waals surface area contributed by atoms with Crippen molar-refractivity contribution in [2.45, 2.75) is 13.3 Å². The number of hydrogen-bond donors (Lipinski definition) is 1. The number of benzene rings is 2. The molecule has 2 aromatic rings. The molecule has 0 aliphatic carbocycles. The van der Waals surface area contributed by atoms with E-state index in [9.17, 15) is 10.1 Å². The number of rotatable bonds is 7. The second-order valence-electron chi connectivity index (χ2n) is 6.87. The summed E-state index contributed by atoms with van der Waals surface area (Å²) >= 11 is 0. The summed E-state index contributed by atoms with van der Waals surface area (Å²) in [6, 6.07) is 17.9. The molecule has 0 bridgehead atoms. The van der Waals surface area contributed by atoms with E-state index >= 15 is 0 Å². The Balaban J connectivity index is 1.43. The SMILES string of the molecule is CC(=O)c1ccc(C#N)c(NCCCN2CCN(c3ccccc3)CC2)c1. The number of nitrogens with one attached hydrogen (secondary N) is 1. The summed E-state index contributed by atoms with van der Waals surface area (Å²) in [5, 5.41) is 12.6. The molecule has 1 heterocycles. The molecule has 0 aromatic heterocycles. The van der Waals surface area contributed by atoms with Gasteiger partial charge in [-0.15, -0.1) is 0 Å². The summed E-state index contributed by atoms with van der Waals surface area (Å²) in [6.07, 6.45) is 1.00. The first-order valence-corrected chi connectivity index (χ1v) is 9.48. The predicted octanol–water partition coefficient (Wildman–Crippen LogP) is 3.39. The fourth-order valence-electron chi connectivity index (χ4n) is 3.40. The molecule has 1 aliphatic rings. The molecular formula is C22H26N4O. The number of nitriles is 1. The molecule has 140 valence electrons. The summed E-state index contributed by atoms with van der Waals surface area (Å²) < 4.78 is 0. The second-order valence-corrected chi connectivity index (χ2v) is 6.87. The first-order chi connectivity index (χ1) is 13.2. The van der Waals surface area contributed by atoms with Crippen molar-refractivity contribution in [3.05, 3.63) is 59.7 Å². The number of anilines is 2. The van der Waals surface area contributed by atoms with Crippen LogP contribution in [0.3, 0.4) is 0 Å². The van der Waals surface area contributed by atoms with Gasteiger partial charge in [0.15, 0.2) is 5.78 Å². The van der Waals surface area contributed by atoms with Crippen LogP contribution in [-0.4, -0.2) is 50.0 Å². The number of carbonyl (C=O) groups excluding carboxylic acids is 1. The summed E-state index contributed by atoms with van der Waals surface area (Å²) in [5.74, 6) is 0.0128. The van der Waals surface area contributed by atoms with E-state index in [0.717, 1.165) is 51.4 Å². The van der Waals surface area contributed by atoms with Crippen LogP contribution in [0.15, 0.2) is 48.5 Å². The third kappa shape index (κ3) is 5.08. The van der Waals surface area contributed by atoms with Crippen LogP contribution in [0.2, 0.25) is 0 Å². The quantitative estimate of drug-likeness (QED) is 0.604. The van der Waals surface area contributed by atoms with Crippen LogP contribution in [0.5, 0.6) is 0 Å². The van der Waals surface area contributed by atoms with Gasteiger partial charge in [0.2, 0.25) is 0 Å². The van der Waals surface area contributed by atoms with E-state index < -0.39 is 0 Å². The van der Waals surface area contributed by atoms with Crippen LogP contribution in [0.1, 0.15) is 29.3 Å². The van der Waals surface area contributed by atoms with Gasteiger partial charge in [-0.05, 0) is 50.2 Å². The summed E-state index contributed by atoms with van der Waals surface area (Å²) in [5.41, 5.74) is 3.26. The molecular weight excluding hydrogens is 336 g/mol. The Morgan fingerprint density at radius 3 is 2.52 bits per heavy atom. The molecule has 2 aromatic carbocycles. The minimum absolute atomic E-state index is 0.0128. The maximum atomic E-state index is 11.5. The Morgan fingerprint density at radius 2 is 1.85 bits per heavy atom. The molecule has 27 heavy (non-hydrogen) atoms. The zero-order valence-electron chi connectivity index (χ0n) is 15.8. The highest BCUT2D eigenvalue weighted by Crippen LogP contribution is 2.18. The lowest BCUT2D eigenvalue weighted by Gasteiger charge is -2.36. The third-order valence-corrected chi connectivity index (χ3v) is 5.01. The van der Waals surface area contributed by atoms with Gasteiger partial charge in [0, 0.05) is 44.0 Å². The van der Waals surface area contributed by atoms with E-state index in [0.29, 0.717) is 11.1 Å². The minimum atomic E-state index is 0.0128. The van der Waals surface area contributed by atoms with E-state index in [-0.39, 0.29) is 5.78 Å². The molecule has 0 radical (unpaired) electrons. The largest absolute Gasteiger partial charge is 0.384 e. The Morgan fingerprint density at radius 1 is 1.11 bits per heavy atom. The minimum Gasteiger partial charge on any atom is -0.384 e. The monoisotopic (exact) mass is 362 g/mol. The van der Waals surface area contributed by atoms with Crippen molar-refractivity contribution >= 4 is 17.2 Å². The van der Waals surface area contributed by atoms with E-state index in [1.165, 1.54) is 5.69 Å². The van der Waals surface area contributed by atoms with Gasteiger partial charge in [0.25, 0.3) is 0 Å². The fraction of sp³-hybridized carbons (Fsp3) is 0.364. The van der Waals surface area contributed by atoms with Crippen LogP contribution in [0.25, 0.3) is 0 Å². The first-order valence-electron chi connectivity index (χ1n) is 9.48. The molecule has 1 fully saturated rings. The number of hydrogen-bond acceptors (Lipinski definition) is 5. The molecule has 1 N–H and O–H groups in total. The van der Waals surface area contributed by atoms with Crippen molar-refractivity contribution in [3.63, 3.8) is 0 Å². The van der Waals surface area contributed by atoms with Crippen molar-refractivity contribution in [2.75, 3.05) is 49.5 Å². The van der Waals surface area contributed by atoms with Gasteiger partial charge in [-0.3, -0.25) is 9.69 Å². The number of Topliss-reactive ketones (excluding diaryl/α,β-unsaturated/α-hetero) is 1. The van der Waals surface area contributed by atoms with Crippen molar-refractivity contribution < 1.29 is 4.79 Å². The normalized spacial score (nSPS) is 14.6. The number of ketones is 1. The second kappa shape index (κ2) is 9.20. The number of piperazine rings is 1. The van der Waals surface area contributed by atoms with Gasteiger partial charge < -0.3 is 10.2 Å². The lowest BCUT2D eigenvalue weighted by molar-refractivity contribution is 0.101. The maximum Gasteiger partial charge on any atom is 0.159 e. The van der Waals surface area contributed by atoms with Crippen LogP contribution >= 0.6 is 0 Å². The number of para-hydroxylation sites is 1. The Bertz CT molecular complexity index is 805. The van der Waals surface area contributed by atoms with Gasteiger partial charge in [0.1, 0.15) is 6.07 Å². The predicted molar refractivity (Wildman–Crippen MR) is 109 cm³/mol. The van der Waals surface area contributed by atoms with Crippen LogP contribution in [0, 0.1) is 11.3 Å². The molecule has 0 unspecified atom stereocenters. The summed E-state index contributed by atoms with van der Waals surface area (Å²) in [6.45, 7) is 7.60. The van der Waals surface area contributed by atoms with Gasteiger partial charge in [0.05, 0.1) is 11.3 Å². The molecule has 1 aliphatic heterocycles. The smallest absolute Gasteiger partial charge is 0.159 e. The van der Waals surface area contributed by atoms with E-state index in [4.69, 9.17) is 0 Å². The Hall–Kier alpha value is -2.84. The maximum absolute atomic E-state index is 11.5. The summed E-state index contributed by atoms with van der Waals surface area (Å²) in [7, 11) is 0. The number of carbonyl (C=O) groups is 1. The van der Waals surface area contributed by atoms with Gasteiger partial charge in [-0.2, -0.15) is 5.26 Å². The lowest BCUT2D eigenvalue weighted by atomic mass is 10.1. The standard InChI is InChI=1S/C22H26N4O/c1-18(27)19-8-9-20(17-23)22(16-19)24-10-5-11-25-12-14-26(15-13-25)21-6-3-2-4-7-21/h2-4,6-9,16,24H,5,10-15H2,1H3. The van der Waals surface area contributed by atoms with Crippen molar-refractivity contribution in [1.82, 2.24) is 4.90 Å². The van der Waals surface area contributed by atoms with Gasteiger partial charge in [-0.25, -0.2) is 0 Å². The van der Waals surface area contributed by atoms with Crippen LogP contribution in [-0.2, 0) is 0 Å². The van der Waals surface area contributed by atoms with E-state index in [1.807, 2.05) is 0 Å². The van der Waals surface area contributed by atoms with Crippen molar-refractivity contribution in [3.8, 4) is 6.07 Å². The van der Waals surface area contributed by atoms with Crippen LogP contribution < -0.4 is 10.2 Å². The van der Waals surface area contributed by atoms with Gasteiger partial charge >= 0.3 is 0 Å². The first kappa shape index (κ1) is 18.9. The number of nitrogens with zero attached hydrogens (tertiary/aromatic N) is 3. The van der Waals surface area contributed by atoms with Crippen LogP contribution in [0.4, 0.5) is 11.4 Å². The summed E-state index contributed by atoms with van der Waals surface area (Å²) in [4.78, 5) is 16.5. The van der Waals surface area contributed by atoms with E-state index in [2.05, 4.69) is 51.5 Å². The molecule has 5 heteroatoms. The zero-order chi connectivity index (χ0) is 19.1. The Kier molecular flexibility index (Phi) is 6.45. The molecule has 0 spiro atoms. The fourth-order valence-corrected chi connectivity index (χ4v) is 3.40.